The van der Waals surface area contributed by atoms with Gasteiger partial charge in [0, 0.05) is 21.9 Å². The predicted octanol–water partition coefficient (Wildman–Crippen LogP) is 3.65. The van der Waals surface area contributed by atoms with Crippen LogP contribution in [0.4, 0.5) is 5.69 Å². The molecule has 0 unspecified atom stereocenters. The van der Waals surface area contributed by atoms with E-state index in [0.717, 1.165) is 32.8 Å². The zero-order chi connectivity index (χ0) is 12.7. The highest BCUT2D eigenvalue weighted by Gasteiger charge is 2.10. The number of hydrogen-bond acceptors (Lipinski definition) is 2. The Kier molecular flexibility index (Phi) is 2.59. The van der Waals surface area contributed by atoms with Crippen LogP contribution in [0.5, 0.6) is 0 Å². The van der Waals surface area contributed by atoms with Crippen molar-refractivity contribution in [2.24, 2.45) is 0 Å². The number of fused-ring (bicyclic) bond motifs is 1. The second-order valence-corrected chi connectivity index (χ2v) is 5.16. The molecule has 3 rings (SSSR count). The van der Waals surface area contributed by atoms with Gasteiger partial charge in [0.15, 0.2) is 0 Å². The summed E-state index contributed by atoms with van der Waals surface area (Å²) in [7, 11) is 0. The van der Waals surface area contributed by atoms with Gasteiger partial charge < -0.3 is 5.73 Å². The largest absolute Gasteiger partial charge is 0.398 e. The molecule has 2 heterocycles. The number of halogens is 1. The summed E-state index contributed by atoms with van der Waals surface area (Å²) in [6.45, 7) is 2.01. The van der Waals surface area contributed by atoms with E-state index in [1.807, 2.05) is 41.8 Å². The Hall–Kier alpha value is -1.81. The smallest absolute Gasteiger partial charge is 0.137 e. The molecular weight excluding hydrogens is 290 g/mol. The standard InChI is InChI=1S/C14H12BrN3/c1-9-14(10-2-4-11(15)5-3-10)18-8-12(16)6-7-13(18)17-9/h2-8H,16H2,1H3. The van der Waals surface area contributed by atoms with Crippen molar-refractivity contribution in [1.82, 2.24) is 9.38 Å². The zero-order valence-corrected chi connectivity index (χ0v) is 11.5. The van der Waals surface area contributed by atoms with Gasteiger partial charge >= 0.3 is 0 Å². The molecule has 0 atom stereocenters. The van der Waals surface area contributed by atoms with E-state index in [0.29, 0.717) is 0 Å². The number of benzene rings is 1. The van der Waals surface area contributed by atoms with Crippen molar-refractivity contribution >= 4 is 27.3 Å². The van der Waals surface area contributed by atoms with Crippen LogP contribution in [0.1, 0.15) is 5.69 Å². The van der Waals surface area contributed by atoms with Crippen molar-refractivity contribution in [1.29, 1.82) is 0 Å². The van der Waals surface area contributed by atoms with Crippen molar-refractivity contribution in [3.8, 4) is 11.3 Å². The molecule has 3 aromatic rings. The first kappa shape index (κ1) is 11.3. The van der Waals surface area contributed by atoms with Crippen LogP contribution in [0.2, 0.25) is 0 Å². The average molecular weight is 302 g/mol. The van der Waals surface area contributed by atoms with Crippen LogP contribution in [-0.4, -0.2) is 9.38 Å². The molecule has 3 nitrogen and oxygen atoms in total. The molecule has 0 spiro atoms. The van der Waals surface area contributed by atoms with Gasteiger partial charge in [0.25, 0.3) is 0 Å². The van der Waals surface area contributed by atoms with Crippen molar-refractivity contribution in [2.45, 2.75) is 6.92 Å². The third-order valence-electron chi connectivity index (χ3n) is 2.93. The number of hydrogen-bond donors (Lipinski definition) is 1. The van der Waals surface area contributed by atoms with Gasteiger partial charge in [-0.15, -0.1) is 0 Å². The monoisotopic (exact) mass is 301 g/mol. The number of imidazole rings is 1. The molecule has 18 heavy (non-hydrogen) atoms. The van der Waals surface area contributed by atoms with Crippen molar-refractivity contribution < 1.29 is 0 Å². The normalized spacial score (nSPS) is 11.0. The maximum absolute atomic E-state index is 5.85. The van der Waals surface area contributed by atoms with Gasteiger partial charge in [-0.1, -0.05) is 28.1 Å². The summed E-state index contributed by atoms with van der Waals surface area (Å²) in [5, 5.41) is 0. The summed E-state index contributed by atoms with van der Waals surface area (Å²) in [4.78, 5) is 4.55. The molecule has 0 radical (unpaired) electrons. The summed E-state index contributed by atoms with van der Waals surface area (Å²) < 4.78 is 3.10. The van der Waals surface area contributed by atoms with Crippen molar-refractivity contribution in [3.05, 3.63) is 52.8 Å². The molecule has 0 aliphatic rings. The van der Waals surface area contributed by atoms with E-state index < -0.39 is 0 Å². The minimum absolute atomic E-state index is 0.735. The van der Waals surface area contributed by atoms with Crippen molar-refractivity contribution in [3.63, 3.8) is 0 Å². The second-order valence-electron chi connectivity index (χ2n) is 4.24. The first-order chi connectivity index (χ1) is 8.65. The topological polar surface area (TPSA) is 43.3 Å². The van der Waals surface area contributed by atoms with Gasteiger partial charge in [-0.05, 0) is 31.2 Å². The molecule has 1 aromatic carbocycles. The first-order valence-electron chi connectivity index (χ1n) is 5.65. The summed E-state index contributed by atoms with van der Waals surface area (Å²) in [5.74, 6) is 0. The molecule has 0 aliphatic carbocycles. The van der Waals surface area contributed by atoms with Crippen LogP contribution < -0.4 is 5.73 Å². The molecule has 0 aliphatic heterocycles. The van der Waals surface area contributed by atoms with E-state index in [9.17, 15) is 0 Å². The third kappa shape index (κ3) is 1.78. The molecule has 0 bridgehead atoms. The minimum atomic E-state index is 0.735. The fourth-order valence-electron chi connectivity index (χ4n) is 2.13. The maximum Gasteiger partial charge on any atom is 0.137 e. The van der Waals surface area contributed by atoms with Gasteiger partial charge in [0.05, 0.1) is 11.4 Å². The molecule has 2 N–H and O–H groups in total. The molecule has 90 valence electrons. The second kappa shape index (κ2) is 4.14. The number of anilines is 1. The van der Waals surface area contributed by atoms with Crippen LogP contribution in [-0.2, 0) is 0 Å². The maximum atomic E-state index is 5.85. The van der Waals surface area contributed by atoms with E-state index >= 15 is 0 Å². The van der Waals surface area contributed by atoms with Crippen LogP contribution in [0.25, 0.3) is 16.9 Å². The third-order valence-corrected chi connectivity index (χ3v) is 3.46. The lowest BCUT2D eigenvalue weighted by Gasteiger charge is -2.04. The van der Waals surface area contributed by atoms with E-state index in [-0.39, 0.29) is 0 Å². The SMILES string of the molecule is Cc1nc2ccc(N)cn2c1-c1ccc(Br)cc1. The highest BCUT2D eigenvalue weighted by Crippen LogP contribution is 2.26. The molecule has 0 saturated carbocycles. The molecular formula is C14H12BrN3. The fraction of sp³-hybridized carbons (Fsp3) is 0.0714. The molecule has 0 fully saturated rings. The summed E-state index contributed by atoms with van der Waals surface area (Å²) >= 11 is 3.45. The van der Waals surface area contributed by atoms with Crippen LogP contribution in [0.3, 0.4) is 0 Å². The van der Waals surface area contributed by atoms with Gasteiger partial charge in [0.1, 0.15) is 5.65 Å². The lowest BCUT2D eigenvalue weighted by molar-refractivity contribution is 1.19. The highest BCUT2D eigenvalue weighted by atomic mass is 79.9. The first-order valence-corrected chi connectivity index (χ1v) is 6.44. The quantitative estimate of drug-likeness (QED) is 0.745. The summed E-state index contributed by atoms with van der Waals surface area (Å²) in [6.07, 6.45) is 1.91. The average Bonchev–Trinajstić information content (AvgIpc) is 2.66. The molecule has 0 amide bonds. The van der Waals surface area contributed by atoms with Gasteiger partial charge in [0.2, 0.25) is 0 Å². The molecule has 0 saturated heterocycles. The summed E-state index contributed by atoms with van der Waals surface area (Å²) in [5.41, 5.74) is 10.7. The van der Waals surface area contributed by atoms with E-state index in [2.05, 4.69) is 33.0 Å². The number of nitrogens with two attached hydrogens (primary N) is 1. The number of aromatic nitrogens is 2. The minimum Gasteiger partial charge on any atom is -0.398 e. The highest BCUT2D eigenvalue weighted by molar-refractivity contribution is 9.10. The van der Waals surface area contributed by atoms with Crippen LogP contribution >= 0.6 is 15.9 Å². The number of nitrogens with zero attached hydrogens (tertiary/aromatic N) is 2. The van der Waals surface area contributed by atoms with E-state index in [1.165, 1.54) is 0 Å². The number of aryl methyl sites for hydroxylation is 1. The van der Waals surface area contributed by atoms with Gasteiger partial charge in [-0.25, -0.2) is 4.98 Å². The zero-order valence-electron chi connectivity index (χ0n) is 9.89. The van der Waals surface area contributed by atoms with Crippen molar-refractivity contribution in [2.75, 3.05) is 5.73 Å². The van der Waals surface area contributed by atoms with Gasteiger partial charge in [-0.2, -0.15) is 0 Å². The number of pyridine rings is 1. The Morgan fingerprint density at radius 1 is 1.11 bits per heavy atom. The van der Waals surface area contributed by atoms with E-state index in [4.69, 9.17) is 5.73 Å². The van der Waals surface area contributed by atoms with E-state index in [1.54, 1.807) is 0 Å². The summed E-state index contributed by atoms with van der Waals surface area (Å²) in [6, 6.07) is 12.0. The van der Waals surface area contributed by atoms with Gasteiger partial charge in [-0.3, -0.25) is 4.40 Å². The number of rotatable bonds is 1. The Morgan fingerprint density at radius 2 is 1.83 bits per heavy atom. The van der Waals surface area contributed by atoms with Crippen LogP contribution in [0.15, 0.2) is 47.1 Å². The Morgan fingerprint density at radius 3 is 2.56 bits per heavy atom. The lowest BCUT2D eigenvalue weighted by atomic mass is 10.1. The molecule has 4 heteroatoms. The molecule has 2 aromatic heterocycles. The Bertz CT molecular complexity index is 714. The lowest BCUT2D eigenvalue weighted by Crippen LogP contribution is -1.92. The Balaban J connectivity index is 2.30. The Labute approximate surface area is 113 Å². The predicted molar refractivity (Wildman–Crippen MR) is 77.5 cm³/mol. The fourth-order valence-corrected chi connectivity index (χ4v) is 2.40. The number of nitrogen functional groups attached to an aromatic ring is 1. The van der Waals surface area contributed by atoms with Crippen LogP contribution in [0, 0.1) is 6.92 Å².